The molecule has 1 amide bonds. The Hall–Kier alpha value is -2.86. The van der Waals surface area contributed by atoms with Gasteiger partial charge in [-0.3, -0.25) is 4.79 Å². The molecule has 0 fully saturated rings. The average Bonchev–Trinajstić information content (AvgIpc) is 2.68. The van der Waals surface area contributed by atoms with Gasteiger partial charge in [0.05, 0.1) is 12.8 Å². The molecule has 0 unspecified atom stereocenters. The average molecular weight is 365 g/mol. The molecule has 132 valence electrons. The molecule has 1 heterocycles. The summed E-state index contributed by atoms with van der Waals surface area (Å²) in [6.45, 7) is 1.97. The van der Waals surface area contributed by atoms with E-state index in [9.17, 15) is 4.79 Å². The van der Waals surface area contributed by atoms with Gasteiger partial charge in [-0.15, -0.1) is 0 Å². The molecule has 5 nitrogen and oxygen atoms in total. The molecule has 0 aliphatic carbocycles. The Kier molecular flexibility index (Phi) is 5.86. The number of nitrogens with zero attached hydrogens (tertiary/aromatic N) is 2. The molecule has 1 aromatic heterocycles. The molecule has 3 aromatic rings. The molecule has 3 rings (SSSR count). The zero-order chi connectivity index (χ0) is 18.4. The maximum absolute atomic E-state index is 13.1. The van der Waals surface area contributed by atoms with E-state index in [2.05, 4.69) is 15.3 Å². The molecule has 1 atom stereocenters. The zero-order valence-electron chi connectivity index (χ0n) is 14.5. The number of anilines is 1. The van der Waals surface area contributed by atoms with Crippen LogP contribution in [0.15, 0.2) is 72.1 Å². The number of carbonyl (C=O) groups excluding carboxylic acids is 1. The summed E-state index contributed by atoms with van der Waals surface area (Å²) in [5.41, 5.74) is 2.57. The fraction of sp³-hybridized carbons (Fsp3) is 0.150. The number of benzene rings is 2. The van der Waals surface area contributed by atoms with E-state index in [-0.39, 0.29) is 5.91 Å². The lowest BCUT2D eigenvalue weighted by atomic mass is 10.1. The lowest BCUT2D eigenvalue weighted by Crippen LogP contribution is -2.19. The lowest BCUT2D eigenvalue weighted by molar-refractivity contribution is -0.115. The van der Waals surface area contributed by atoms with Crippen molar-refractivity contribution in [3.63, 3.8) is 0 Å². The van der Waals surface area contributed by atoms with Crippen LogP contribution in [0.2, 0.25) is 0 Å². The number of amides is 1. The first-order valence-corrected chi connectivity index (χ1v) is 8.99. The third-order valence-corrected chi connectivity index (χ3v) is 4.86. The van der Waals surface area contributed by atoms with E-state index in [0.29, 0.717) is 16.6 Å². The standard InChI is InChI=1S/C20H19N3O2S/c1-14-9-10-17(25-2)16(13-14)23-19(24)18(15-7-4-3-5-8-15)26-20-21-11-6-12-22-20/h3-13,18H,1-2H3,(H,23,24)/t18-/m0/s1. The maximum atomic E-state index is 13.1. The third-order valence-electron chi connectivity index (χ3n) is 3.72. The summed E-state index contributed by atoms with van der Waals surface area (Å²) in [5, 5.41) is 3.05. The Morgan fingerprint density at radius 2 is 1.81 bits per heavy atom. The number of thioether (sulfide) groups is 1. The van der Waals surface area contributed by atoms with Gasteiger partial charge in [0.15, 0.2) is 5.16 Å². The van der Waals surface area contributed by atoms with Crippen LogP contribution < -0.4 is 10.1 Å². The van der Waals surface area contributed by atoms with E-state index in [1.54, 1.807) is 25.6 Å². The topological polar surface area (TPSA) is 64.1 Å². The number of hydrogen-bond acceptors (Lipinski definition) is 5. The molecular weight excluding hydrogens is 346 g/mol. The van der Waals surface area contributed by atoms with Crippen molar-refractivity contribution < 1.29 is 9.53 Å². The van der Waals surface area contributed by atoms with Crippen LogP contribution in [0, 0.1) is 6.92 Å². The van der Waals surface area contributed by atoms with Gasteiger partial charge in [0, 0.05) is 12.4 Å². The minimum Gasteiger partial charge on any atom is -0.495 e. The van der Waals surface area contributed by atoms with Crippen LogP contribution in [0.5, 0.6) is 5.75 Å². The Morgan fingerprint density at radius 3 is 2.50 bits per heavy atom. The van der Waals surface area contributed by atoms with E-state index in [1.807, 2.05) is 55.5 Å². The highest BCUT2D eigenvalue weighted by Crippen LogP contribution is 2.35. The Balaban J connectivity index is 1.89. The Bertz CT molecular complexity index is 873. The van der Waals surface area contributed by atoms with Gasteiger partial charge in [-0.05, 0) is 36.2 Å². The molecular formula is C20H19N3O2S. The van der Waals surface area contributed by atoms with Crippen molar-refractivity contribution in [2.75, 3.05) is 12.4 Å². The fourth-order valence-corrected chi connectivity index (χ4v) is 3.38. The van der Waals surface area contributed by atoms with Crippen molar-refractivity contribution in [2.24, 2.45) is 0 Å². The molecule has 0 aliphatic heterocycles. The number of nitrogens with one attached hydrogen (secondary N) is 1. The number of rotatable bonds is 6. The number of methoxy groups -OCH3 is 1. The molecule has 1 N–H and O–H groups in total. The summed E-state index contributed by atoms with van der Waals surface area (Å²) in [7, 11) is 1.58. The van der Waals surface area contributed by atoms with Gasteiger partial charge in [-0.1, -0.05) is 48.2 Å². The number of carbonyl (C=O) groups is 1. The van der Waals surface area contributed by atoms with Gasteiger partial charge < -0.3 is 10.1 Å². The Labute approximate surface area is 156 Å². The highest BCUT2D eigenvalue weighted by Gasteiger charge is 2.24. The van der Waals surface area contributed by atoms with E-state index < -0.39 is 5.25 Å². The van der Waals surface area contributed by atoms with Crippen LogP contribution >= 0.6 is 11.8 Å². The van der Waals surface area contributed by atoms with Gasteiger partial charge >= 0.3 is 0 Å². The second kappa shape index (κ2) is 8.49. The van der Waals surface area contributed by atoms with Gasteiger partial charge in [0.2, 0.25) is 5.91 Å². The highest BCUT2D eigenvalue weighted by atomic mass is 32.2. The van der Waals surface area contributed by atoms with Crippen LogP contribution in [0.25, 0.3) is 0 Å². The van der Waals surface area contributed by atoms with Crippen molar-refractivity contribution in [2.45, 2.75) is 17.3 Å². The summed E-state index contributed by atoms with van der Waals surface area (Å²) in [4.78, 5) is 21.5. The van der Waals surface area contributed by atoms with Crippen molar-refractivity contribution in [1.82, 2.24) is 9.97 Å². The predicted octanol–water partition coefficient (Wildman–Crippen LogP) is 4.27. The van der Waals surface area contributed by atoms with Gasteiger partial charge in [-0.25, -0.2) is 9.97 Å². The van der Waals surface area contributed by atoms with Crippen LogP contribution in [-0.4, -0.2) is 23.0 Å². The lowest BCUT2D eigenvalue weighted by Gasteiger charge is -2.17. The number of aryl methyl sites for hydroxylation is 1. The molecule has 26 heavy (non-hydrogen) atoms. The van der Waals surface area contributed by atoms with Crippen LogP contribution in [-0.2, 0) is 4.79 Å². The minimum absolute atomic E-state index is 0.155. The number of aromatic nitrogens is 2. The second-order valence-corrected chi connectivity index (χ2v) is 6.71. The van der Waals surface area contributed by atoms with Gasteiger partial charge in [0.1, 0.15) is 11.0 Å². The van der Waals surface area contributed by atoms with E-state index in [0.717, 1.165) is 11.1 Å². The SMILES string of the molecule is COc1ccc(C)cc1NC(=O)[C@@H](Sc1ncccn1)c1ccccc1. The monoisotopic (exact) mass is 365 g/mol. The molecule has 0 aliphatic rings. The van der Waals surface area contributed by atoms with E-state index in [1.165, 1.54) is 11.8 Å². The molecule has 0 radical (unpaired) electrons. The first-order valence-electron chi connectivity index (χ1n) is 8.11. The first kappa shape index (κ1) is 17.9. The highest BCUT2D eigenvalue weighted by molar-refractivity contribution is 8.00. The van der Waals surface area contributed by atoms with Gasteiger partial charge in [0.25, 0.3) is 0 Å². The molecule has 0 spiro atoms. The molecule has 0 bridgehead atoms. The normalized spacial score (nSPS) is 11.6. The fourth-order valence-electron chi connectivity index (χ4n) is 2.47. The van der Waals surface area contributed by atoms with E-state index in [4.69, 9.17) is 4.74 Å². The van der Waals surface area contributed by atoms with Gasteiger partial charge in [-0.2, -0.15) is 0 Å². The molecule has 0 saturated heterocycles. The summed E-state index contributed by atoms with van der Waals surface area (Å²) in [6, 6.07) is 17.0. The Morgan fingerprint density at radius 1 is 1.08 bits per heavy atom. The predicted molar refractivity (Wildman–Crippen MR) is 103 cm³/mol. The van der Waals surface area contributed by atoms with E-state index >= 15 is 0 Å². The first-order chi connectivity index (χ1) is 12.7. The maximum Gasteiger partial charge on any atom is 0.242 e. The summed E-state index contributed by atoms with van der Waals surface area (Å²) in [6.07, 6.45) is 3.33. The quantitative estimate of drug-likeness (QED) is 0.522. The smallest absolute Gasteiger partial charge is 0.242 e. The van der Waals surface area contributed by atoms with Crippen molar-refractivity contribution >= 4 is 23.4 Å². The molecule has 6 heteroatoms. The number of hydrogen-bond donors (Lipinski definition) is 1. The third kappa shape index (κ3) is 4.40. The van der Waals surface area contributed by atoms with Crippen molar-refractivity contribution in [3.05, 3.63) is 78.1 Å². The van der Waals surface area contributed by atoms with Crippen molar-refractivity contribution in [3.8, 4) is 5.75 Å². The zero-order valence-corrected chi connectivity index (χ0v) is 15.4. The summed E-state index contributed by atoms with van der Waals surface area (Å²) >= 11 is 1.31. The van der Waals surface area contributed by atoms with Crippen LogP contribution in [0.4, 0.5) is 5.69 Å². The number of ether oxygens (including phenoxy) is 1. The van der Waals surface area contributed by atoms with Crippen molar-refractivity contribution in [1.29, 1.82) is 0 Å². The van der Waals surface area contributed by atoms with Crippen LogP contribution in [0.1, 0.15) is 16.4 Å². The minimum atomic E-state index is -0.483. The van der Waals surface area contributed by atoms with Crippen LogP contribution in [0.3, 0.4) is 0 Å². The molecule has 0 saturated carbocycles. The molecule has 2 aromatic carbocycles. The summed E-state index contributed by atoms with van der Waals surface area (Å²) in [5.74, 6) is 0.467. The largest absolute Gasteiger partial charge is 0.495 e. The second-order valence-electron chi connectivity index (χ2n) is 5.63. The summed E-state index contributed by atoms with van der Waals surface area (Å²) < 4.78 is 5.36.